The van der Waals surface area contributed by atoms with Gasteiger partial charge in [0.1, 0.15) is 16.9 Å². The summed E-state index contributed by atoms with van der Waals surface area (Å²) >= 11 is 0. The van der Waals surface area contributed by atoms with Crippen LogP contribution in [0, 0.1) is 0 Å². The van der Waals surface area contributed by atoms with Gasteiger partial charge in [0.05, 0.1) is 17.2 Å². The standard InChI is InChI=1S/C24H23N7O2/c1-33-12-6-11-26-24(32)20-21-23(30-19-10-5-4-9-18(19)29-21)31(22(20)25)28-14-15-13-27-17-8-3-2-7-16(15)17/h2-5,7-10,13-14,27H,6,11-12,25H2,1H3,(H,26,32)/b28-14-. The van der Waals surface area contributed by atoms with E-state index in [1.165, 1.54) is 4.68 Å². The van der Waals surface area contributed by atoms with Crippen molar-refractivity contribution < 1.29 is 9.53 Å². The molecule has 4 N–H and O–H groups in total. The first-order chi connectivity index (χ1) is 16.2. The lowest BCUT2D eigenvalue weighted by Crippen LogP contribution is -2.26. The number of nitrogens with two attached hydrogens (primary N) is 1. The Morgan fingerprint density at radius 1 is 1.18 bits per heavy atom. The number of nitrogens with zero attached hydrogens (tertiary/aromatic N) is 4. The van der Waals surface area contributed by atoms with E-state index in [1.54, 1.807) is 13.3 Å². The third kappa shape index (κ3) is 3.79. The second-order valence-corrected chi connectivity index (χ2v) is 7.59. The van der Waals surface area contributed by atoms with Gasteiger partial charge >= 0.3 is 0 Å². The average Bonchev–Trinajstić information content (AvgIpc) is 3.36. The number of para-hydroxylation sites is 3. The van der Waals surface area contributed by atoms with Crippen molar-refractivity contribution in [3.05, 3.63) is 65.9 Å². The van der Waals surface area contributed by atoms with Crippen molar-refractivity contribution in [2.45, 2.75) is 6.42 Å². The molecule has 33 heavy (non-hydrogen) atoms. The molecule has 9 heteroatoms. The van der Waals surface area contributed by atoms with Crippen molar-refractivity contribution in [1.82, 2.24) is 24.9 Å². The van der Waals surface area contributed by atoms with Crippen LogP contribution in [0.15, 0.2) is 59.8 Å². The van der Waals surface area contributed by atoms with E-state index in [0.29, 0.717) is 41.8 Å². The number of benzene rings is 2. The van der Waals surface area contributed by atoms with Crippen LogP contribution in [-0.2, 0) is 4.74 Å². The summed E-state index contributed by atoms with van der Waals surface area (Å²) in [5, 5.41) is 8.51. The summed E-state index contributed by atoms with van der Waals surface area (Å²) in [6, 6.07) is 15.4. The molecule has 0 saturated carbocycles. The number of rotatable bonds is 7. The maximum Gasteiger partial charge on any atom is 0.257 e. The molecule has 9 nitrogen and oxygen atoms in total. The van der Waals surface area contributed by atoms with E-state index in [-0.39, 0.29) is 17.3 Å². The summed E-state index contributed by atoms with van der Waals surface area (Å²) in [7, 11) is 1.62. The van der Waals surface area contributed by atoms with Crippen LogP contribution in [0.2, 0.25) is 0 Å². The SMILES string of the molecule is COCCCNC(=O)c1c(N)n(/N=C\c2c[nH]c3ccccc23)c2nc3ccccc3nc12. The number of fused-ring (bicyclic) bond motifs is 3. The van der Waals surface area contributed by atoms with Gasteiger partial charge in [-0.05, 0) is 24.6 Å². The van der Waals surface area contributed by atoms with Gasteiger partial charge in [-0.3, -0.25) is 4.79 Å². The van der Waals surface area contributed by atoms with Crippen molar-refractivity contribution >= 4 is 51.0 Å². The van der Waals surface area contributed by atoms with Crippen LogP contribution in [0.4, 0.5) is 5.82 Å². The Hall–Kier alpha value is -4.24. The first-order valence-corrected chi connectivity index (χ1v) is 10.6. The number of hydrogen-bond donors (Lipinski definition) is 3. The van der Waals surface area contributed by atoms with Gasteiger partial charge in [-0.25, -0.2) is 9.97 Å². The van der Waals surface area contributed by atoms with Gasteiger partial charge in [-0.2, -0.15) is 9.78 Å². The van der Waals surface area contributed by atoms with Crippen LogP contribution in [0.5, 0.6) is 0 Å². The zero-order chi connectivity index (χ0) is 22.8. The minimum atomic E-state index is -0.320. The second kappa shape index (κ2) is 8.71. The van der Waals surface area contributed by atoms with E-state index in [1.807, 2.05) is 54.7 Å². The minimum absolute atomic E-state index is 0.181. The van der Waals surface area contributed by atoms with E-state index in [0.717, 1.165) is 16.5 Å². The van der Waals surface area contributed by atoms with Crippen molar-refractivity contribution in [1.29, 1.82) is 0 Å². The smallest absolute Gasteiger partial charge is 0.257 e. The lowest BCUT2D eigenvalue weighted by atomic mass is 10.2. The number of nitrogens with one attached hydrogen (secondary N) is 2. The number of carbonyl (C=O) groups is 1. The molecule has 1 amide bonds. The minimum Gasteiger partial charge on any atom is -0.385 e. The number of amides is 1. The Morgan fingerprint density at radius 3 is 2.76 bits per heavy atom. The first kappa shape index (κ1) is 20.7. The maximum atomic E-state index is 13.0. The van der Waals surface area contributed by atoms with Crippen LogP contribution in [0.25, 0.3) is 33.1 Å². The molecule has 5 aromatic rings. The Morgan fingerprint density at radius 2 is 1.94 bits per heavy atom. The maximum absolute atomic E-state index is 13.0. The Labute approximate surface area is 189 Å². The highest BCUT2D eigenvalue weighted by atomic mass is 16.5. The van der Waals surface area contributed by atoms with E-state index >= 15 is 0 Å². The number of hydrogen-bond acceptors (Lipinski definition) is 6. The van der Waals surface area contributed by atoms with Gasteiger partial charge in [0.2, 0.25) is 0 Å². The predicted octanol–water partition coefficient (Wildman–Crippen LogP) is 3.30. The van der Waals surface area contributed by atoms with Gasteiger partial charge in [-0.1, -0.05) is 30.3 Å². The molecule has 0 unspecified atom stereocenters. The molecule has 0 radical (unpaired) electrons. The molecule has 0 aliphatic carbocycles. The molecule has 0 atom stereocenters. The van der Waals surface area contributed by atoms with Crippen LogP contribution >= 0.6 is 0 Å². The number of carbonyl (C=O) groups excluding carboxylic acids is 1. The molecular formula is C24H23N7O2. The number of anilines is 1. The molecule has 0 saturated heterocycles. The van der Waals surface area contributed by atoms with E-state index < -0.39 is 0 Å². The molecule has 0 fully saturated rings. The molecule has 0 spiro atoms. The number of H-pyrrole nitrogens is 1. The van der Waals surface area contributed by atoms with Crippen molar-refractivity contribution in [2.75, 3.05) is 26.0 Å². The van der Waals surface area contributed by atoms with Crippen molar-refractivity contribution in [3.8, 4) is 0 Å². The van der Waals surface area contributed by atoms with Crippen LogP contribution in [-0.4, -0.2) is 52.0 Å². The highest BCUT2D eigenvalue weighted by Gasteiger charge is 2.23. The molecule has 0 aliphatic rings. The van der Waals surface area contributed by atoms with Crippen LogP contribution < -0.4 is 11.1 Å². The van der Waals surface area contributed by atoms with Crippen LogP contribution in [0.3, 0.4) is 0 Å². The summed E-state index contributed by atoms with van der Waals surface area (Å²) in [5.41, 5.74) is 10.8. The molecule has 166 valence electrons. The monoisotopic (exact) mass is 441 g/mol. The van der Waals surface area contributed by atoms with Crippen molar-refractivity contribution in [3.63, 3.8) is 0 Å². The molecule has 3 heterocycles. The summed E-state index contributed by atoms with van der Waals surface area (Å²) in [4.78, 5) is 25.7. The van der Waals surface area contributed by atoms with Gasteiger partial charge < -0.3 is 20.8 Å². The zero-order valence-corrected chi connectivity index (χ0v) is 18.1. The Balaban J connectivity index is 1.62. The highest BCUT2D eigenvalue weighted by molar-refractivity contribution is 6.11. The normalized spacial score (nSPS) is 11.8. The number of aromatic nitrogens is 4. The topological polar surface area (TPSA) is 123 Å². The quantitative estimate of drug-likeness (QED) is 0.264. The first-order valence-electron chi connectivity index (χ1n) is 10.6. The molecule has 3 aromatic heterocycles. The number of aromatic amines is 1. The highest BCUT2D eigenvalue weighted by Crippen LogP contribution is 2.28. The molecule has 2 aromatic carbocycles. The largest absolute Gasteiger partial charge is 0.385 e. The summed E-state index contributed by atoms with van der Waals surface area (Å²) < 4.78 is 6.52. The van der Waals surface area contributed by atoms with Gasteiger partial charge in [0.15, 0.2) is 5.65 Å². The van der Waals surface area contributed by atoms with Crippen LogP contribution in [0.1, 0.15) is 22.3 Å². The second-order valence-electron chi connectivity index (χ2n) is 7.59. The van der Waals surface area contributed by atoms with Crippen molar-refractivity contribution in [2.24, 2.45) is 5.10 Å². The number of ether oxygens (including phenoxy) is 1. The lowest BCUT2D eigenvalue weighted by Gasteiger charge is -2.05. The zero-order valence-electron chi connectivity index (χ0n) is 18.1. The van der Waals surface area contributed by atoms with E-state index in [4.69, 9.17) is 20.4 Å². The summed E-state index contributed by atoms with van der Waals surface area (Å²) in [6.45, 7) is 1.01. The van der Waals surface area contributed by atoms with E-state index in [9.17, 15) is 4.79 Å². The molecule has 0 bridgehead atoms. The summed E-state index contributed by atoms with van der Waals surface area (Å²) in [6.07, 6.45) is 4.26. The van der Waals surface area contributed by atoms with Gasteiger partial charge in [0, 0.05) is 42.9 Å². The fourth-order valence-corrected chi connectivity index (χ4v) is 3.82. The number of methoxy groups -OCH3 is 1. The van der Waals surface area contributed by atoms with E-state index in [2.05, 4.69) is 15.4 Å². The summed E-state index contributed by atoms with van der Waals surface area (Å²) in [5.74, 6) is -0.139. The number of nitrogen functional groups attached to an aromatic ring is 1. The van der Waals surface area contributed by atoms with Gasteiger partial charge in [0.25, 0.3) is 5.91 Å². The molecule has 5 rings (SSSR count). The fourth-order valence-electron chi connectivity index (χ4n) is 3.82. The Kier molecular flexibility index (Phi) is 5.45. The predicted molar refractivity (Wildman–Crippen MR) is 130 cm³/mol. The molecular weight excluding hydrogens is 418 g/mol. The fraction of sp³-hybridized carbons (Fsp3) is 0.167. The Bertz CT molecular complexity index is 1500. The molecule has 0 aliphatic heterocycles. The van der Waals surface area contributed by atoms with Gasteiger partial charge in [-0.15, -0.1) is 0 Å². The third-order valence-corrected chi connectivity index (χ3v) is 5.45. The third-order valence-electron chi connectivity index (χ3n) is 5.45. The average molecular weight is 441 g/mol. The lowest BCUT2D eigenvalue weighted by molar-refractivity contribution is 0.0951.